The van der Waals surface area contributed by atoms with Gasteiger partial charge in [0.1, 0.15) is 0 Å². The highest BCUT2D eigenvalue weighted by Gasteiger charge is 2.20. The van der Waals surface area contributed by atoms with E-state index in [2.05, 4.69) is 12.2 Å². The summed E-state index contributed by atoms with van der Waals surface area (Å²) in [6.45, 7) is 6.51. The fraction of sp³-hybridized carbons (Fsp3) is 1.00. The Bertz CT molecular complexity index is 134. The van der Waals surface area contributed by atoms with Gasteiger partial charge in [-0.2, -0.15) is 0 Å². The van der Waals surface area contributed by atoms with Crippen molar-refractivity contribution in [2.24, 2.45) is 5.92 Å². The number of hydrogen-bond acceptors (Lipinski definition) is 2. The molecule has 0 amide bonds. The van der Waals surface area contributed by atoms with Crippen molar-refractivity contribution >= 4 is 0 Å². The van der Waals surface area contributed by atoms with Crippen LogP contribution in [0.15, 0.2) is 0 Å². The van der Waals surface area contributed by atoms with Crippen LogP contribution in [0.5, 0.6) is 0 Å². The molecule has 1 N–H and O–H groups in total. The van der Waals surface area contributed by atoms with Gasteiger partial charge in [0, 0.05) is 13.2 Å². The minimum Gasteiger partial charge on any atom is -0.381 e. The van der Waals surface area contributed by atoms with Crippen LogP contribution in [0.1, 0.15) is 51.9 Å². The maximum absolute atomic E-state index is 5.56. The van der Waals surface area contributed by atoms with Crippen LogP contribution in [0.25, 0.3) is 0 Å². The Kier molecular flexibility index (Phi) is 7.94. The molecule has 0 bridgehead atoms. The monoisotopic (exact) mass is 213 g/mol. The van der Waals surface area contributed by atoms with Crippen molar-refractivity contribution in [3.63, 3.8) is 0 Å². The summed E-state index contributed by atoms with van der Waals surface area (Å²) in [6.07, 6.45) is 9.38. The summed E-state index contributed by atoms with van der Waals surface area (Å²) in [4.78, 5) is 0. The van der Waals surface area contributed by atoms with Crippen LogP contribution < -0.4 is 5.32 Å². The molecule has 1 rings (SSSR count). The van der Waals surface area contributed by atoms with E-state index in [-0.39, 0.29) is 0 Å². The first-order valence-corrected chi connectivity index (χ1v) is 6.72. The molecule has 2 nitrogen and oxygen atoms in total. The summed E-state index contributed by atoms with van der Waals surface area (Å²) in [5, 5.41) is 3.47. The molecule has 90 valence electrons. The van der Waals surface area contributed by atoms with Crippen LogP contribution >= 0.6 is 0 Å². The van der Waals surface area contributed by atoms with Crippen molar-refractivity contribution in [1.82, 2.24) is 5.32 Å². The molecule has 1 fully saturated rings. The first-order valence-electron chi connectivity index (χ1n) is 6.72. The summed E-state index contributed by atoms with van der Waals surface area (Å²) >= 11 is 0. The smallest absolute Gasteiger partial charge is 0.0494 e. The van der Waals surface area contributed by atoms with Crippen molar-refractivity contribution in [1.29, 1.82) is 0 Å². The molecule has 2 heteroatoms. The zero-order valence-corrected chi connectivity index (χ0v) is 10.3. The van der Waals surface area contributed by atoms with Gasteiger partial charge in [-0.3, -0.25) is 0 Å². The quantitative estimate of drug-likeness (QED) is 0.533. The summed E-state index contributed by atoms with van der Waals surface area (Å²) in [5.74, 6) is 0.909. The molecule has 0 aromatic rings. The number of hydrogen-bond donors (Lipinski definition) is 1. The molecule has 1 aliphatic carbocycles. The largest absolute Gasteiger partial charge is 0.381 e. The van der Waals surface area contributed by atoms with E-state index in [1.165, 1.54) is 51.5 Å². The average Bonchev–Trinajstić information content (AvgIpc) is 3.05. The Labute approximate surface area is 94.8 Å². The van der Waals surface area contributed by atoms with Crippen molar-refractivity contribution in [2.75, 3.05) is 26.3 Å². The summed E-state index contributed by atoms with van der Waals surface area (Å²) in [5.41, 5.74) is 0. The Morgan fingerprint density at radius 3 is 2.60 bits per heavy atom. The SMILES string of the molecule is CCCCCCNCCCOCC1CC1. The second kappa shape index (κ2) is 9.17. The minimum absolute atomic E-state index is 0.909. The lowest BCUT2D eigenvalue weighted by atomic mass is 10.2. The van der Waals surface area contributed by atoms with E-state index in [1.807, 2.05) is 0 Å². The van der Waals surface area contributed by atoms with Crippen LogP contribution in [0.3, 0.4) is 0 Å². The fourth-order valence-electron chi connectivity index (χ4n) is 1.64. The molecule has 15 heavy (non-hydrogen) atoms. The van der Waals surface area contributed by atoms with Gasteiger partial charge >= 0.3 is 0 Å². The number of ether oxygens (including phenoxy) is 1. The molecule has 0 unspecified atom stereocenters. The van der Waals surface area contributed by atoms with Crippen LogP contribution in [-0.4, -0.2) is 26.3 Å². The van der Waals surface area contributed by atoms with Crippen LogP contribution in [0.4, 0.5) is 0 Å². The molecule has 1 saturated carbocycles. The van der Waals surface area contributed by atoms with E-state index in [1.54, 1.807) is 0 Å². The summed E-state index contributed by atoms with van der Waals surface area (Å²) in [6, 6.07) is 0. The lowest BCUT2D eigenvalue weighted by Gasteiger charge is -2.05. The minimum atomic E-state index is 0.909. The van der Waals surface area contributed by atoms with Crippen LogP contribution in [0.2, 0.25) is 0 Å². The lowest BCUT2D eigenvalue weighted by Crippen LogP contribution is -2.18. The third-order valence-electron chi connectivity index (χ3n) is 2.90. The fourth-order valence-corrected chi connectivity index (χ4v) is 1.64. The van der Waals surface area contributed by atoms with Gasteiger partial charge in [-0.1, -0.05) is 26.2 Å². The lowest BCUT2D eigenvalue weighted by molar-refractivity contribution is 0.122. The Hall–Kier alpha value is -0.0800. The van der Waals surface area contributed by atoms with E-state index in [4.69, 9.17) is 4.74 Å². The highest BCUT2D eigenvalue weighted by molar-refractivity contribution is 4.71. The first kappa shape index (κ1) is 13.0. The topological polar surface area (TPSA) is 21.3 Å². The van der Waals surface area contributed by atoms with E-state index < -0.39 is 0 Å². The molecule has 0 saturated heterocycles. The number of unbranched alkanes of at least 4 members (excludes halogenated alkanes) is 3. The second-order valence-electron chi connectivity index (χ2n) is 4.68. The third-order valence-corrected chi connectivity index (χ3v) is 2.90. The normalized spacial score (nSPS) is 15.8. The zero-order chi connectivity index (χ0) is 10.8. The first-order chi connectivity index (χ1) is 7.43. The molecule has 0 spiro atoms. The van der Waals surface area contributed by atoms with Gasteiger partial charge in [0.15, 0.2) is 0 Å². The molecule has 0 aromatic heterocycles. The molecule has 1 aliphatic rings. The van der Waals surface area contributed by atoms with Crippen molar-refractivity contribution in [2.45, 2.75) is 51.9 Å². The van der Waals surface area contributed by atoms with Gasteiger partial charge in [0.25, 0.3) is 0 Å². The van der Waals surface area contributed by atoms with Crippen molar-refractivity contribution in [3.8, 4) is 0 Å². The number of rotatable bonds is 11. The Morgan fingerprint density at radius 1 is 1.07 bits per heavy atom. The molecule has 0 radical (unpaired) electrons. The van der Waals surface area contributed by atoms with Crippen molar-refractivity contribution < 1.29 is 4.74 Å². The molecule has 0 aromatic carbocycles. The van der Waals surface area contributed by atoms with Gasteiger partial charge < -0.3 is 10.1 Å². The van der Waals surface area contributed by atoms with Gasteiger partial charge in [0.05, 0.1) is 0 Å². The standard InChI is InChI=1S/C13H27NO/c1-2-3-4-5-9-14-10-6-11-15-12-13-7-8-13/h13-14H,2-12H2,1H3. The highest BCUT2D eigenvalue weighted by Crippen LogP contribution is 2.28. The Balaban J connectivity index is 1.62. The zero-order valence-electron chi connectivity index (χ0n) is 10.3. The highest BCUT2D eigenvalue weighted by atomic mass is 16.5. The van der Waals surface area contributed by atoms with Crippen molar-refractivity contribution in [3.05, 3.63) is 0 Å². The van der Waals surface area contributed by atoms with Crippen LogP contribution in [-0.2, 0) is 4.74 Å². The average molecular weight is 213 g/mol. The van der Waals surface area contributed by atoms with Crippen LogP contribution in [0, 0.1) is 5.92 Å². The maximum atomic E-state index is 5.56. The predicted molar refractivity (Wildman–Crippen MR) is 65.2 cm³/mol. The Morgan fingerprint density at radius 2 is 1.87 bits per heavy atom. The summed E-state index contributed by atoms with van der Waals surface area (Å²) in [7, 11) is 0. The predicted octanol–water partition coefficient (Wildman–Crippen LogP) is 2.97. The molecular formula is C13H27NO. The van der Waals surface area contributed by atoms with E-state index in [9.17, 15) is 0 Å². The van der Waals surface area contributed by atoms with E-state index in [0.717, 1.165) is 25.7 Å². The number of nitrogens with one attached hydrogen (secondary N) is 1. The van der Waals surface area contributed by atoms with Gasteiger partial charge in [-0.15, -0.1) is 0 Å². The molecule has 0 heterocycles. The van der Waals surface area contributed by atoms with E-state index >= 15 is 0 Å². The maximum Gasteiger partial charge on any atom is 0.0494 e. The van der Waals surface area contributed by atoms with E-state index in [0.29, 0.717) is 0 Å². The summed E-state index contributed by atoms with van der Waals surface area (Å²) < 4.78 is 5.56. The van der Waals surface area contributed by atoms with Gasteiger partial charge in [-0.25, -0.2) is 0 Å². The molecular weight excluding hydrogens is 186 g/mol. The molecule has 0 atom stereocenters. The third kappa shape index (κ3) is 8.88. The van der Waals surface area contributed by atoms with Gasteiger partial charge in [-0.05, 0) is 44.7 Å². The van der Waals surface area contributed by atoms with Gasteiger partial charge in [0.2, 0.25) is 0 Å². The molecule has 0 aliphatic heterocycles. The second-order valence-corrected chi connectivity index (χ2v) is 4.68.